The Hall–Kier alpha value is 0.310. The van der Waals surface area contributed by atoms with Gasteiger partial charge in [0.1, 0.15) is 0 Å². The second-order valence-electron chi connectivity index (χ2n) is 0.833. The van der Waals surface area contributed by atoms with Crippen molar-refractivity contribution in [3.05, 3.63) is 6.54 Å². The monoisotopic (exact) mass is 86.0 g/mol. The van der Waals surface area contributed by atoms with Crippen molar-refractivity contribution in [1.29, 1.82) is 0 Å². The highest BCUT2D eigenvalue weighted by molar-refractivity contribution is 7.97. The normalized spacial score (nSPS) is 24.0. The third-order valence-corrected chi connectivity index (χ3v) is 1.08. The minimum atomic E-state index is 1.05. The van der Waals surface area contributed by atoms with Crippen molar-refractivity contribution in [3.8, 4) is 0 Å². The van der Waals surface area contributed by atoms with Gasteiger partial charge >= 0.3 is 0 Å². The zero-order valence-electron chi connectivity index (χ0n) is 2.77. The van der Waals surface area contributed by atoms with E-state index in [-0.39, 0.29) is 0 Å². The van der Waals surface area contributed by atoms with Crippen LogP contribution in [0.3, 0.4) is 0 Å². The summed E-state index contributed by atoms with van der Waals surface area (Å²) < 4.78 is 3.75. The van der Waals surface area contributed by atoms with E-state index in [0.29, 0.717) is 0 Å². The van der Waals surface area contributed by atoms with Crippen LogP contribution in [-0.4, -0.2) is 5.75 Å². The molecule has 0 atom stereocenters. The fraction of sp³-hybridized carbons (Fsp3) is 0.667. The second kappa shape index (κ2) is 1.67. The maximum absolute atomic E-state index is 3.75. The Bertz CT molecular complexity index is 18.5. The van der Waals surface area contributed by atoms with Gasteiger partial charge in [0.2, 0.25) is 0 Å². The molecule has 0 saturated carbocycles. The zero-order valence-corrected chi connectivity index (χ0v) is 3.59. The van der Waals surface area contributed by atoms with Crippen LogP contribution in [-0.2, 0) is 0 Å². The molecule has 27 valence electrons. The maximum Gasteiger partial charge on any atom is 0.0940 e. The van der Waals surface area contributed by atoms with Crippen LogP contribution in [0.2, 0.25) is 0 Å². The average Bonchev–Trinajstić information content (AvgIpc) is 1.76. The summed E-state index contributed by atoms with van der Waals surface area (Å²) in [6.07, 6.45) is 1.05. The van der Waals surface area contributed by atoms with Gasteiger partial charge < -0.3 is 0 Å². The largest absolute Gasteiger partial charge is 0.164 e. The highest BCUT2D eigenvalue weighted by Crippen LogP contribution is 2.09. The molecule has 0 amide bonds. The second-order valence-corrected chi connectivity index (χ2v) is 1.68. The Kier molecular flexibility index (Phi) is 1.17. The summed E-state index contributed by atoms with van der Waals surface area (Å²) in [6, 6.07) is 0. The van der Waals surface area contributed by atoms with Crippen molar-refractivity contribution < 1.29 is 0 Å². The Balaban J connectivity index is 2.08. The van der Waals surface area contributed by atoms with Crippen LogP contribution >= 0.6 is 11.9 Å². The third kappa shape index (κ3) is 0.816. The zero-order chi connectivity index (χ0) is 3.54. The molecular weight excluding hydrogens is 82.1 g/mol. The minimum absolute atomic E-state index is 1.05. The molecule has 1 aliphatic heterocycles. The molecule has 1 fully saturated rings. The first kappa shape index (κ1) is 3.50. The minimum Gasteiger partial charge on any atom is -0.164 e. The molecule has 1 aliphatic rings. The van der Waals surface area contributed by atoms with Crippen molar-refractivity contribution in [2.45, 2.75) is 6.42 Å². The first-order valence-corrected chi connectivity index (χ1v) is 2.49. The van der Waals surface area contributed by atoms with Crippen LogP contribution in [0.1, 0.15) is 6.42 Å². The molecule has 0 spiro atoms. The van der Waals surface area contributed by atoms with Gasteiger partial charge in [-0.15, -0.1) is 0 Å². The van der Waals surface area contributed by atoms with E-state index in [1.165, 1.54) is 0 Å². The molecular formula is C3H4NS. The molecule has 0 aromatic rings. The highest BCUT2D eigenvalue weighted by Gasteiger charge is 1.98. The molecule has 0 N–H and O–H groups in total. The van der Waals surface area contributed by atoms with E-state index in [9.17, 15) is 0 Å². The molecule has 0 bridgehead atoms. The molecule has 1 heterocycles. The van der Waals surface area contributed by atoms with E-state index in [2.05, 4.69) is 11.3 Å². The number of hydrogen-bond donors (Lipinski definition) is 0. The van der Waals surface area contributed by atoms with Crippen molar-refractivity contribution in [3.63, 3.8) is 0 Å². The third-order valence-electron chi connectivity index (χ3n) is 0.434. The summed E-state index contributed by atoms with van der Waals surface area (Å²) in [6.45, 7) is 2.81. The molecule has 0 aliphatic carbocycles. The van der Waals surface area contributed by atoms with Gasteiger partial charge in [0.25, 0.3) is 0 Å². The Morgan fingerprint density at radius 2 is 2.80 bits per heavy atom. The van der Waals surface area contributed by atoms with Gasteiger partial charge in [0, 0.05) is 5.75 Å². The van der Waals surface area contributed by atoms with Gasteiger partial charge in [-0.05, 0) is 6.42 Å². The van der Waals surface area contributed by atoms with Gasteiger partial charge in [0.05, 0.1) is 6.54 Å². The van der Waals surface area contributed by atoms with Gasteiger partial charge in [0.15, 0.2) is 0 Å². The lowest BCUT2D eigenvalue weighted by atomic mass is 10.5. The summed E-state index contributed by atoms with van der Waals surface area (Å²) in [5.41, 5.74) is 0. The first-order valence-electron chi connectivity index (χ1n) is 1.55. The highest BCUT2D eigenvalue weighted by atomic mass is 32.2. The van der Waals surface area contributed by atoms with Crippen molar-refractivity contribution in [1.82, 2.24) is 4.72 Å². The maximum atomic E-state index is 3.75. The lowest BCUT2D eigenvalue weighted by Gasteiger charge is -1.69. The van der Waals surface area contributed by atoms with Crippen molar-refractivity contribution in [2.75, 3.05) is 5.75 Å². The van der Waals surface area contributed by atoms with Gasteiger partial charge in [-0.25, -0.2) is 0 Å². The van der Waals surface area contributed by atoms with Gasteiger partial charge in [-0.2, -0.15) is 4.72 Å². The summed E-state index contributed by atoms with van der Waals surface area (Å²) in [5, 5.41) is 0. The lowest BCUT2D eigenvalue weighted by Crippen LogP contribution is -1.71. The Morgan fingerprint density at radius 3 is 3.00 bits per heavy atom. The molecule has 1 saturated heterocycles. The predicted octanol–water partition coefficient (Wildman–Crippen LogP) is 0.681. The molecule has 0 unspecified atom stereocenters. The van der Waals surface area contributed by atoms with E-state index in [4.69, 9.17) is 0 Å². The Labute approximate surface area is 36.3 Å². The van der Waals surface area contributed by atoms with Crippen LogP contribution in [0.25, 0.3) is 0 Å². The van der Waals surface area contributed by atoms with Crippen LogP contribution in [0.15, 0.2) is 0 Å². The lowest BCUT2D eigenvalue weighted by molar-refractivity contribution is 1.08. The van der Waals surface area contributed by atoms with Crippen molar-refractivity contribution in [2.24, 2.45) is 0 Å². The van der Waals surface area contributed by atoms with E-state index in [0.717, 1.165) is 12.2 Å². The SMILES string of the molecule is [C]1CCS[N]1. The molecule has 5 heavy (non-hydrogen) atoms. The van der Waals surface area contributed by atoms with Crippen LogP contribution in [0.4, 0.5) is 0 Å². The van der Waals surface area contributed by atoms with Crippen molar-refractivity contribution >= 4 is 11.9 Å². The molecule has 0 aromatic heterocycles. The molecule has 2 heteroatoms. The number of hydrogen-bond acceptors (Lipinski definition) is 1. The summed E-state index contributed by atoms with van der Waals surface area (Å²) in [7, 11) is 0. The summed E-state index contributed by atoms with van der Waals surface area (Å²) >= 11 is 1.59. The summed E-state index contributed by atoms with van der Waals surface area (Å²) in [5.74, 6) is 1.14. The van der Waals surface area contributed by atoms with E-state index >= 15 is 0 Å². The quantitative estimate of drug-likeness (QED) is 0.395. The van der Waals surface area contributed by atoms with Gasteiger partial charge in [-0.3, -0.25) is 0 Å². The number of nitrogens with zero attached hydrogens (tertiary/aromatic N) is 1. The van der Waals surface area contributed by atoms with Crippen LogP contribution < -0.4 is 4.72 Å². The number of rotatable bonds is 0. The van der Waals surface area contributed by atoms with E-state index in [1.54, 1.807) is 11.9 Å². The Morgan fingerprint density at radius 1 is 1.80 bits per heavy atom. The molecule has 1 rings (SSSR count). The smallest absolute Gasteiger partial charge is 0.0940 e. The van der Waals surface area contributed by atoms with E-state index < -0.39 is 0 Å². The summed E-state index contributed by atoms with van der Waals surface area (Å²) in [4.78, 5) is 0. The fourth-order valence-corrected chi connectivity index (χ4v) is 0.685. The first-order chi connectivity index (χ1) is 2.50. The molecule has 1 nitrogen and oxygen atoms in total. The predicted molar refractivity (Wildman–Crippen MR) is 22.5 cm³/mol. The topological polar surface area (TPSA) is 14.1 Å². The molecule has 3 radical (unpaired) electrons. The van der Waals surface area contributed by atoms with Crippen LogP contribution in [0, 0.1) is 6.54 Å². The standard InChI is InChI=1S/C3H4NS/c1-2-4-5-3-1/h1,3H2. The van der Waals surface area contributed by atoms with E-state index in [1.807, 2.05) is 0 Å². The fourth-order valence-electron chi connectivity index (χ4n) is 0.228. The van der Waals surface area contributed by atoms with Crippen LogP contribution in [0.5, 0.6) is 0 Å². The molecule has 0 aromatic carbocycles. The average molecular weight is 86.1 g/mol. The van der Waals surface area contributed by atoms with Gasteiger partial charge in [-0.1, -0.05) is 11.9 Å².